The summed E-state index contributed by atoms with van der Waals surface area (Å²) >= 11 is 0. The molecule has 0 spiro atoms. The minimum absolute atomic E-state index is 0.0196. The highest BCUT2D eigenvalue weighted by molar-refractivity contribution is 7.46. The lowest BCUT2D eigenvalue weighted by atomic mass is 10.2. The lowest BCUT2D eigenvalue weighted by molar-refractivity contribution is -0.0450. The number of aliphatic hydroxyl groups excluding tert-OH is 1. The van der Waals surface area contributed by atoms with E-state index in [4.69, 9.17) is 26.0 Å². The Morgan fingerprint density at radius 2 is 2.26 bits per heavy atom. The van der Waals surface area contributed by atoms with Gasteiger partial charge in [0.05, 0.1) is 12.7 Å². The Hall–Kier alpha value is -1.82. The predicted molar refractivity (Wildman–Crippen MR) is 76.5 cm³/mol. The van der Waals surface area contributed by atoms with Crippen LogP contribution in [-0.2, 0) is 13.8 Å². The number of nitrogens with two attached hydrogens (primary N) is 2. The first-order valence-electron chi connectivity index (χ1n) is 6.38. The molecule has 7 N–H and O–H groups in total. The summed E-state index contributed by atoms with van der Waals surface area (Å²) in [4.78, 5) is 36.5. The third-order valence-electron chi connectivity index (χ3n) is 2.98. The number of hydrogen-bond acceptors (Lipinski definition) is 7. The third-order valence-corrected chi connectivity index (χ3v) is 3.47. The van der Waals surface area contributed by atoms with E-state index in [0.29, 0.717) is 0 Å². The number of hydrogen-bond donors (Lipinski definition) is 5. The average molecular weight is 349 g/mol. The van der Waals surface area contributed by atoms with Crippen LogP contribution in [0.25, 0.3) is 0 Å². The molecule has 12 nitrogen and oxygen atoms in total. The molecule has 0 aliphatic carbocycles. The molecule has 0 radical (unpaired) electrons. The van der Waals surface area contributed by atoms with E-state index in [1.165, 1.54) is 12.3 Å². The summed E-state index contributed by atoms with van der Waals surface area (Å²) in [6, 6.07) is 1.37. The van der Waals surface area contributed by atoms with Gasteiger partial charge in [0.25, 0.3) is 0 Å². The van der Waals surface area contributed by atoms with Gasteiger partial charge in [-0.05, 0) is 6.07 Å². The van der Waals surface area contributed by atoms with Crippen LogP contribution in [0.15, 0.2) is 22.1 Å². The van der Waals surface area contributed by atoms with Crippen molar-refractivity contribution < 1.29 is 28.7 Å². The van der Waals surface area contributed by atoms with Crippen molar-refractivity contribution in [3.63, 3.8) is 0 Å². The van der Waals surface area contributed by atoms with E-state index >= 15 is 0 Å². The van der Waals surface area contributed by atoms with Crippen LogP contribution in [0.2, 0.25) is 0 Å². The van der Waals surface area contributed by atoms with E-state index in [2.05, 4.69) is 14.5 Å². The van der Waals surface area contributed by atoms with Gasteiger partial charge in [0, 0.05) is 12.6 Å². The second-order valence-electron chi connectivity index (χ2n) is 4.73. The van der Waals surface area contributed by atoms with Crippen LogP contribution < -0.4 is 17.2 Å². The highest BCUT2D eigenvalue weighted by Gasteiger charge is 2.37. The molecule has 1 aliphatic heterocycles. The molecule has 3 atom stereocenters. The van der Waals surface area contributed by atoms with Crippen molar-refractivity contribution in [3.8, 4) is 0 Å². The number of rotatable bonds is 5. The molecule has 0 bridgehead atoms. The van der Waals surface area contributed by atoms with Gasteiger partial charge in [0.15, 0.2) is 11.8 Å². The van der Waals surface area contributed by atoms with Crippen LogP contribution in [0.5, 0.6) is 0 Å². The number of guanidine groups is 1. The van der Waals surface area contributed by atoms with Crippen molar-refractivity contribution >= 4 is 19.6 Å². The zero-order chi connectivity index (χ0) is 17.2. The van der Waals surface area contributed by atoms with Crippen LogP contribution in [0.3, 0.4) is 0 Å². The van der Waals surface area contributed by atoms with E-state index in [9.17, 15) is 14.5 Å². The Kier molecular flexibility index (Phi) is 5.14. The Morgan fingerprint density at radius 3 is 2.83 bits per heavy atom. The first-order valence-corrected chi connectivity index (χ1v) is 7.91. The Balaban J connectivity index is 2.10. The molecular weight excluding hydrogens is 333 g/mol. The third kappa shape index (κ3) is 4.82. The van der Waals surface area contributed by atoms with Gasteiger partial charge in [-0.25, -0.2) is 9.36 Å². The molecule has 2 rings (SSSR count). The average Bonchev–Trinajstić information content (AvgIpc) is 2.76. The molecule has 0 aromatic carbocycles. The maximum atomic E-state index is 11.9. The fourth-order valence-electron chi connectivity index (χ4n) is 2.02. The van der Waals surface area contributed by atoms with E-state index in [1.807, 2.05) is 0 Å². The molecule has 1 aromatic rings. The number of phosphoric ester groups is 1. The first kappa shape index (κ1) is 17.5. The smallest absolute Gasteiger partial charge is 0.390 e. The number of aliphatic imine (C=N–C) groups is 1. The molecule has 13 heteroatoms. The minimum atomic E-state index is -4.68. The number of aliphatic hydroxyl groups is 1. The van der Waals surface area contributed by atoms with Gasteiger partial charge in [-0.15, -0.1) is 0 Å². The summed E-state index contributed by atoms with van der Waals surface area (Å²) in [5.74, 6) is -0.233. The van der Waals surface area contributed by atoms with Crippen molar-refractivity contribution in [2.24, 2.45) is 16.5 Å². The Labute approximate surface area is 129 Å². The molecule has 128 valence electrons. The van der Waals surface area contributed by atoms with Gasteiger partial charge in [0.2, 0.25) is 0 Å². The van der Waals surface area contributed by atoms with Crippen molar-refractivity contribution in [1.29, 1.82) is 0 Å². The van der Waals surface area contributed by atoms with Gasteiger partial charge in [-0.3, -0.25) is 9.09 Å². The van der Waals surface area contributed by atoms with Crippen molar-refractivity contribution in [2.45, 2.75) is 24.9 Å². The van der Waals surface area contributed by atoms with Gasteiger partial charge in [0.1, 0.15) is 12.3 Å². The van der Waals surface area contributed by atoms with Gasteiger partial charge in [-0.1, -0.05) is 0 Å². The zero-order valence-corrected chi connectivity index (χ0v) is 12.6. The largest absolute Gasteiger partial charge is 0.469 e. The number of phosphoric acid groups is 1. The highest BCUT2D eigenvalue weighted by Crippen LogP contribution is 2.38. The minimum Gasteiger partial charge on any atom is -0.390 e. The lowest BCUT2D eigenvalue weighted by Gasteiger charge is -2.16. The van der Waals surface area contributed by atoms with Gasteiger partial charge in [-0.2, -0.15) is 9.98 Å². The van der Waals surface area contributed by atoms with Crippen LogP contribution in [0.1, 0.15) is 12.6 Å². The van der Waals surface area contributed by atoms with Crippen molar-refractivity contribution in [3.05, 3.63) is 22.7 Å². The van der Waals surface area contributed by atoms with Crippen LogP contribution >= 0.6 is 7.82 Å². The molecule has 0 saturated carbocycles. The maximum absolute atomic E-state index is 11.9. The lowest BCUT2D eigenvalue weighted by Crippen LogP contribution is -2.28. The molecule has 1 aromatic heterocycles. The Morgan fingerprint density at radius 1 is 1.57 bits per heavy atom. The van der Waals surface area contributed by atoms with Gasteiger partial charge < -0.3 is 31.1 Å². The number of aromatic nitrogens is 2. The second kappa shape index (κ2) is 6.74. The molecular formula is C10H16N5O7P. The molecule has 23 heavy (non-hydrogen) atoms. The summed E-state index contributed by atoms with van der Waals surface area (Å²) in [5, 5.41) is 9.83. The van der Waals surface area contributed by atoms with Gasteiger partial charge >= 0.3 is 13.5 Å². The van der Waals surface area contributed by atoms with E-state index in [-0.39, 0.29) is 18.2 Å². The maximum Gasteiger partial charge on any atom is 0.469 e. The fraction of sp³-hybridized carbons (Fsp3) is 0.500. The molecule has 2 heterocycles. The summed E-state index contributed by atoms with van der Waals surface area (Å²) < 4.78 is 21.4. The first-order chi connectivity index (χ1) is 10.7. The van der Waals surface area contributed by atoms with Crippen LogP contribution in [0.4, 0.5) is 5.82 Å². The van der Waals surface area contributed by atoms with Crippen molar-refractivity contribution in [2.75, 3.05) is 6.61 Å². The molecule has 0 amide bonds. The SMILES string of the molecule is NC(N)=Nc1ccn([C@H]2CC(O)[C@@H](COP(=O)(O)O)O2)c(=O)n1. The standard InChI is InChI=1S/C10H16N5O7P/c11-9(12)13-7-1-2-15(10(17)14-7)8-3-5(16)6(22-8)4-21-23(18,19)20/h1-2,5-6,8,16H,3-4H2,(H2,18,19,20)(H4,11,12,13,14,17)/t5?,6-,8-/m1/s1. The summed E-state index contributed by atoms with van der Waals surface area (Å²) in [6.07, 6.45) is -1.55. The monoisotopic (exact) mass is 349 g/mol. The molecule has 1 unspecified atom stereocenters. The van der Waals surface area contributed by atoms with E-state index in [1.54, 1.807) is 0 Å². The van der Waals surface area contributed by atoms with Crippen LogP contribution in [-0.4, -0.2) is 49.2 Å². The summed E-state index contributed by atoms with van der Waals surface area (Å²) in [7, 11) is -4.68. The van der Waals surface area contributed by atoms with E-state index in [0.717, 1.165) is 4.57 Å². The summed E-state index contributed by atoms with van der Waals surface area (Å²) in [5.41, 5.74) is 9.66. The predicted octanol–water partition coefficient (Wildman–Crippen LogP) is -2.09. The topological polar surface area (TPSA) is 196 Å². The second-order valence-corrected chi connectivity index (χ2v) is 5.97. The number of ether oxygens (including phenoxy) is 1. The highest BCUT2D eigenvalue weighted by atomic mass is 31.2. The molecule has 1 fully saturated rings. The quantitative estimate of drug-likeness (QED) is 0.223. The van der Waals surface area contributed by atoms with Crippen molar-refractivity contribution in [1.82, 2.24) is 9.55 Å². The normalized spacial score (nSPS) is 24.6. The zero-order valence-electron chi connectivity index (χ0n) is 11.7. The molecule has 1 aliphatic rings. The Bertz CT molecular complexity index is 697. The molecule has 1 saturated heterocycles. The fourth-order valence-corrected chi connectivity index (χ4v) is 2.36. The number of nitrogens with zero attached hydrogens (tertiary/aromatic N) is 3. The summed E-state index contributed by atoms with van der Waals surface area (Å²) in [6.45, 7) is -0.518. The van der Waals surface area contributed by atoms with Crippen LogP contribution in [0, 0.1) is 0 Å². The van der Waals surface area contributed by atoms with E-state index < -0.39 is 38.6 Å².